The second-order valence-corrected chi connectivity index (χ2v) is 6.71. The van der Waals surface area contributed by atoms with Gasteiger partial charge in [0, 0.05) is 13.1 Å². The molecule has 0 saturated heterocycles. The molecule has 1 aliphatic carbocycles. The van der Waals surface area contributed by atoms with Crippen molar-refractivity contribution in [3.63, 3.8) is 0 Å². The second kappa shape index (κ2) is 8.20. The summed E-state index contributed by atoms with van der Waals surface area (Å²) in [5.74, 6) is -0.0872. The molecule has 142 valence electrons. The number of halogens is 1. The summed E-state index contributed by atoms with van der Waals surface area (Å²) in [4.78, 5) is 25.0. The van der Waals surface area contributed by atoms with Crippen molar-refractivity contribution in [2.45, 2.75) is 25.8 Å². The normalized spacial score (nSPS) is 14.3. The molecule has 1 saturated carbocycles. The summed E-state index contributed by atoms with van der Waals surface area (Å²) >= 11 is 0. The molecule has 2 amide bonds. The van der Waals surface area contributed by atoms with Gasteiger partial charge in [0.2, 0.25) is 11.8 Å². The summed E-state index contributed by atoms with van der Waals surface area (Å²) in [6.07, 6.45) is 1.46. The van der Waals surface area contributed by atoms with Crippen LogP contribution in [0.25, 0.3) is 0 Å². The van der Waals surface area contributed by atoms with Crippen LogP contribution in [0.2, 0.25) is 0 Å². The third kappa shape index (κ3) is 4.45. The van der Waals surface area contributed by atoms with Crippen molar-refractivity contribution in [1.82, 2.24) is 10.6 Å². The average Bonchev–Trinajstić information content (AvgIpc) is 3.50. The van der Waals surface area contributed by atoms with Gasteiger partial charge in [-0.15, -0.1) is 0 Å². The molecule has 1 aliphatic rings. The highest BCUT2D eigenvalue weighted by Gasteiger charge is 2.56. The zero-order chi connectivity index (χ0) is 19.3. The SMILES string of the molecule is COc1ccc(CNC(=O)C2(C(=O)NCCc3ccccc3F)CC2)cc1. The number of hydrogen-bond acceptors (Lipinski definition) is 3. The van der Waals surface area contributed by atoms with Crippen molar-refractivity contribution >= 4 is 11.8 Å². The van der Waals surface area contributed by atoms with Crippen LogP contribution in [0, 0.1) is 11.2 Å². The topological polar surface area (TPSA) is 67.4 Å². The quantitative estimate of drug-likeness (QED) is 0.702. The summed E-state index contributed by atoms with van der Waals surface area (Å²) in [6.45, 7) is 0.653. The molecule has 0 aliphatic heterocycles. The Kier molecular flexibility index (Phi) is 5.74. The molecule has 1 fully saturated rings. The number of amides is 2. The van der Waals surface area contributed by atoms with E-state index in [0.717, 1.165) is 11.3 Å². The maximum absolute atomic E-state index is 13.6. The van der Waals surface area contributed by atoms with Crippen molar-refractivity contribution in [3.05, 3.63) is 65.5 Å². The van der Waals surface area contributed by atoms with Crippen LogP contribution in [0.5, 0.6) is 5.75 Å². The van der Waals surface area contributed by atoms with Crippen LogP contribution in [0.3, 0.4) is 0 Å². The molecule has 2 aromatic carbocycles. The molecule has 0 heterocycles. The van der Waals surface area contributed by atoms with E-state index < -0.39 is 5.41 Å². The highest BCUT2D eigenvalue weighted by Crippen LogP contribution is 2.46. The standard InChI is InChI=1S/C21H23FN2O3/c1-27-17-8-6-15(7-9-17)14-24-20(26)21(11-12-21)19(25)23-13-10-16-4-2-3-5-18(16)22/h2-9H,10-14H2,1H3,(H,23,25)(H,24,26). The lowest BCUT2D eigenvalue weighted by molar-refractivity contribution is -0.137. The smallest absolute Gasteiger partial charge is 0.235 e. The Morgan fingerprint density at radius 1 is 1.04 bits per heavy atom. The van der Waals surface area contributed by atoms with Gasteiger partial charge in [-0.1, -0.05) is 30.3 Å². The van der Waals surface area contributed by atoms with Crippen LogP contribution >= 0.6 is 0 Å². The predicted octanol–water partition coefficient (Wildman–Crippen LogP) is 2.59. The molecule has 0 atom stereocenters. The van der Waals surface area contributed by atoms with Crippen molar-refractivity contribution < 1.29 is 18.7 Å². The number of ether oxygens (including phenoxy) is 1. The summed E-state index contributed by atoms with van der Waals surface area (Å²) in [5, 5.41) is 5.61. The highest BCUT2D eigenvalue weighted by atomic mass is 19.1. The Labute approximate surface area is 157 Å². The van der Waals surface area contributed by atoms with E-state index in [1.165, 1.54) is 6.07 Å². The van der Waals surface area contributed by atoms with Crippen LogP contribution in [0.4, 0.5) is 4.39 Å². The third-order valence-corrected chi connectivity index (χ3v) is 4.87. The Hall–Kier alpha value is -2.89. The van der Waals surface area contributed by atoms with Gasteiger partial charge < -0.3 is 15.4 Å². The van der Waals surface area contributed by atoms with E-state index >= 15 is 0 Å². The van der Waals surface area contributed by atoms with Gasteiger partial charge in [-0.05, 0) is 48.6 Å². The Balaban J connectivity index is 1.48. The van der Waals surface area contributed by atoms with Crippen LogP contribution in [0.1, 0.15) is 24.0 Å². The number of carbonyl (C=O) groups is 2. The molecule has 5 nitrogen and oxygen atoms in total. The fourth-order valence-electron chi connectivity index (χ4n) is 2.96. The maximum atomic E-state index is 13.6. The minimum absolute atomic E-state index is 0.262. The molecule has 6 heteroatoms. The number of methoxy groups -OCH3 is 1. The largest absolute Gasteiger partial charge is 0.497 e. The van der Waals surface area contributed by atoms with E-state index in [1.807, 2.05) is 24.3 Å². The Morgan fingerprint density at radius 3 is 2.33 bits per heavy atom. The fraction of sp³-hybridized carbons (Fsp3) is 0.333. The Bertz CT molecular complexity index is 816. The summed E-state index contributed by atoms with van der Waals surface area (Å²) in [5.41, 5.74) is 0.494. The zero-order valence-corrected chi connectivity index (χ0v) is 15.3. The third-order valence-electron chi connectivity index (χ3n) is 4.87. The van der Waals surface area contributed by atoms with Crippen molar-refractivity contribution in [1.29, 1.82) is 0 Å². The number of rotatable bonds is 8. The number of carbonyl (C=O) groups excluding carboxylic acids is 2. The molecule has 2 aromatic rings. The lowest BCUT2D eigenvalue weighted by Gasteiger charge is -2.15. The van der Waals surface area contributed by atoms with E-state index in [1.54, 1.807) is 25.3 Å². The molecule has 0 spiro atoms. The van der Waals surface area contributed by atoms with Crippen molar-refractivity contribution in [2.75, 3.05) is 13.7 Å². The number of benzene rings is 2. The van der Waals surface area contributed by atoms with Gasteiger partial charge in [-0.2, -0.15) is 0 Å². The van der Waals surface area contributed by atoms with Gasteiger partial charge in [0.1, 0.15) is 17.0 Å². The van der Waals surface area contributed by atoms with Gasteiger partial charge in [0.25, 0.3) is 0 Å². The van der Waals surface area contributed by atoms with Gasteiger partial charge in [0.05, 0.1) is 7.11 Å². The first kappa shape index (κ1) is 18.9. The van der Waals surface area contributed by atoms with Crippen LogP contribution in [-0.4, -0.2) is 25.5 Å². The molecule has 2 N–H and O–H groups in total. The molecule has 27 heavy (non-hydrogen) atoms. The summed E-state index contributed by atoms with van der Waals surface area (Å²) in [7, 11) is 1.60. The Morgan fingerprint density at radius 2 is 1.70 bits per heavy atom. The lowest BCUT2D eigenvalue weighted by atomic mass is 10.0. The van der Waals surface area contributed by atoms with E-state index in [2.05, 4.69) is 10.6 Å². The molecular weight excluding hydrogens is 347 g/mol. The average molecular weight is 370 g/mol. The molecular formula is C21H23FN2O3. The minimum atomic E-state index is -0.984. The van der Waals surface area contributed by atoms with E-state index in [0.29, 0.717) is 37.9 Å². The zero-order valence-electron chi connectivity index (χ0n) is 15.3. The van der Waals surface area contributed by atoms with Crippen LogP contribution < -0.4 is 15.4 Å². The van der Waals surface area contributed by atoms with Gasteiger partial charge >= 0.3 is 0 Å². The van der Waals surface area contributed by atoms with Gasteiger partial charge in [-0.3, -0.25) is 9.59 Å². The minimum Gasteiger partial charge on any atom is -0.497 e. The van der Waals surface area contributed by atoms with Gasteiger partial charge in [-0.25, -0.2) is 4.39 Å². The van der Waals surface area contributed by atoms with Crippen LogP contribution in [0.15, 0.2) is 48.5 Å². The maximum Gasteiger partial charge on any atom is 0.235 e. The molecule has 0 unspecified atom stereocenters. The highest BCUT2D eigenvalue weighted by molar-refractivity contribution is 6.07. The van der Waals surface area contributed by atoms with E-state index in [9.17, 15) is 14.0 Å². The molecule has 0 aromatic heterocycles. The number of nitrogens with one attached hydrogen (secondary N) is 2. The van der Waals surface area contributed by atoms with Gasteiger partial charge in [0.15, 0.2) is 0 Å². The summed E-state index contributed by atoms with van der Waals surface area (Å²) < 4.78 is 18.7. The molecule has 0 bridgehead atoms. The first-order chi connectivity index (χ1) is 13.0. The first-order valence-corrected chi connectivity index (χ1v) is 8.98. The summed E-state index contributed by atoms with van der Waals surface area (Å²) in [6, 6.07) is 13.9. The second-order valence-electron chi connectivity index (χ2n) is 6.71. The van der Waals surface area contributed by atoms with E-state index in [-0.39, 0.29) is 17.6 Å². The van der Waals surface area contributed by atoms with Crippen LogP contribution in [-0.2, 0) is 22.6 Å². The van der Waals surface area contributed by atoms with Crippen molar-refractivity contribution in [3.8, 4) is 5.75 Å². The number of hydrogen-bond donors (Lipinski definition) is 2. The lowest BCUT2D eigenvalue weighted by Crippen LogP contribution is -2.43. The van der Waals surface area contributed by atoms with E-state index in [4.69, 9.17) is 4.74 Å². The van der Waals surface area contributed by atoms with Crippen molar-refractivity contribution in [2.24, 2.45) is 5.41 Å². The predicted molar refractivity (Wildman–Crippen MR) is 99.6 cm³/mol. The monoisotopic (exact) mass is 370 g/mol. The molecule has 0 radical (unpaired) electrons. The molecule has 3 rings (SSSR count). The fourth-order valence-corrected chi connectivity index (χ4v) is 2.96. The first-order valence-electron chi connectivity index (χ1n) is 8.98.